The van der Waals surface area contributed by atoms with Gasteiger partial charge in [-0.05, 0) is 68.5 Å². The van der Waals surface area contributed by atoms with Crippen LogP contribution in [0.4, 0.5) is 4.79 Å². The van der Waals surface area contributed by atoms with E-state index in [2.05, 4.69) is 23.8 Å². The third kappa shape index (κ3) is 10.4. The van der Waals surface area contributed by atoms with Crippen LogP contribution in [0.5, 0.6) is 5.75 Å². The Labute approximate surface area is 248 Å². The van der Waals surface area contributed by atoms with Crippen molar-refractivity contribution in [2.24, 2.45) is 11.8 Å². The zero-order chi connectivity index (χ0) is 31.2. The van der Waals surface area contributed by atoms with Crippen molar-refractivity contribution >= 4 is 23.4 Å². The summed E-state index contributed by atoms with van der Waals surface area (Å²) < 4.78 is 5.26. The number of Topliss-reactive ketones (excluding diaryl/α,β-unsaturated/α-hetero) is 3. The number of hydrogen-bond acceptors (Lipinski definition) is 7. The van der Waals surface area contributed by atoms with Gasteiger partial charge in [0.1, 0.15) is 5.75 Å². The van der Waals surface area contributed by atoms with Crippen molar-refractivity contribution in [3.63, 3.8) is 0 Å². The van der Waals surface area contributed by atoms with Gasteiger partial charge in [0.25, 0.3) is 0 Å². The van der Waals surface area contributed by atoms with Gasteiger partial charge < -0.3 is 4.74 Å². The lowest BCUT2D eigenvalue weighted by molar-refractivity contribution is -0.114. The molecular weight excluding hydrogens is 530 g/mol. The number of amides is 1. The molecule has 1 amide bonds. The molecule has 0 saturated carbocycles. The van der Waals surface area contributed by atoms with Crippen molar-refractivity contribution in [3.05, 3.63) is 114 Å². The molecule has 8 heteroatoms. The summed E-state index contributed by atoms with van der Waals surface area (Å²) in [7, 11) is 0. The van der Waals surface area contributed by atoms with Gasteiger partial charge in [-0.1, -0.05) is 52.0 Å². The Hall–Kier alpha value is -4.72. The van der Waals surface area contributed by atoms with Crippen molar-refractivity contribution < 1.29 is 23.9 Å². The second kappa shape index (κ2) is 16.5. The molecule has 3 aromatic rings. The molecule has 3 heterocycles. The first-order valence-corrected chi connectivity index (χ1v) is 13.7. The van der Waals surface area contributed by atoms with Crippen LogP contribution >= 0.6 is 0 Å². The minimum Gasteiger partial charge on any atom is -0.410 e. The van der Waals surface area contributed by atoms with Gasteiger partial charge in [-0.2, -0.15) is 0 Å². The van der Waals surface area contributed by atoms with E-state index < -0.39 is 6.09 Å². The number of aromatic nitrogens is 2. The van der Waals surface area contributed by atoms with Crippen LogP contribution in [0.15, 0.2) is 97.4 Å². The van der Waals surface area contributed by atoms with E-state index >= 15 is 0 Å². The van der Waals surface area contributed by atoms with Crippen LogP contribution in [0.3, 0.4) is 0 Å². The van der Waals surface area contributed by atoms with E-state index in [0.29, 0.717) is 28.7 Å². The number of hydrogen-bond donors (Lipinski definition) is 0. The summed E-state index contributed by atoms with van der Waals surface area (Å²) in [6, 6.07) is 14.2. The van der Waals surface area contributed by atoms with Crippen molar-refractivity contribution in [3.8, 4) is 5.75 Å². The third-order valence-electron chi connectivity index (χ3n) is 6.30. The largest absolute Gasteiger partial charge is 0.423 e. The number of rotatable bonds is 6. The molecular formula is C34H39N3O5. The van der Waals surface area contributed by atoms with Gasteiger partial charge in [0.05, 0.1) is 0 Å². The number of benzene rings is 1. The summed E-state index contributed by atoms with van der Waals surface area (Å²) in [5.74, 6) is 1.30. The van der Waals surface area contributed by atoms with Crippen molar-refractivity contribution in [2.45, 2.75) is 54.4 Å². The lowest BCUT2D eigenvalue weighted by Gasteiger charge is -2.26. The monoisotopic (exact) mass is 569 g/mol. The molecule has 1 unspecified atom stereocenters. The Kier molecular flexibility index (Phi) is 13.2. The first kappa shape index (κ1) is 33.5. The fourth-order valence-electron chi connectivity index (χ4n) is 4.00. The number of carbonyl (C=O) groups is 4. The van der Waals surface area contributed by atoms with Crippen LogP contribution in [0.2, 0.25) is 0 Å². The summed E-state index contributed by atoms with van der Waals surface area (Å²) in [6.45, 7) is 12.8. The Morgan fingerprint density at radius 2 is 1.45 bits per heavy atom. The predicted molar refractivity (Wildman–Crippen MR) is 163 cm³/mol. The van der Waals surface area contributed by atoms with Crippen LogP contribution in [-0.2, 0) is 4.79 Å². The SMILES string of the molecule is CC(=O)C1=CN(C(=O)Oc2ccccc2)C=CC1C(C)C.CC(=O)c1cccnc1.CC(=O)c1cnccc1C(C)C. The van der Waals surface area contributed by atoms with Crippen LogP contribution in [0.1, 0.15) is 80.7 Å². The average Bonchev–Trinajstić information content (AvgIpc) is 2.98. The van der Waals surface area contributed by atoms with E-state index in [0.717, 1.165) is 11.1 Å². The molecule has 0 saturated heterocycles. The zero-order valence-electron chi connectivity index (χ0n) is 25.3. The van der Waals surface area contributed by atoms with E-state index in [1.807, 2.05) is 32.1 Å². The Bertz CT molecular complexity index is 1410. The number of para-hydroxylation sites is 1. The van der Waals surface area contributed by atoms with Crippen molar-refractivity contribution in [2.75, 3.05) is 0 Å². The standard InChI is InChI=1S/C17H19NO3.C10H13NO.C7H7NO/c1-12(2)15-9-10-18(11-16(15)13(3)19)17(20)21-14-7-5-4-6-8-14;1-7(2)9-4-5-11-6-10(9)8(3)12;1-6(9)7-3-2-4-8-5-7/h4-12,15H,1-3H3;4-7H,1-3H3;2-5H,1H3. The molecule has 42 heavy (non-hydrogen) atoms. The molecule has 220 valence electrons. The summed E-state index contributed by atoms with van der Waals surface area (Å²) in [5.41, 5.74) is 3.11. The number of nitrogens with zero attached hydrogens (tertiary/aromatic N) is 3. The third-order valence-corrected chi connectivity index (χ3v) is 6.30. The van der Waals surface area contributed by atoms with E-state index in [9.17, 15) is 19.2 Å². The fraction of sp³-hybridized carbons (Fsp3) is 0.294. The molecule has 0 radical (unpaired) electrons. The molecule has 1 atom stereocenters. The molecule has 1 aliphatic rings. The lowest BCUT2D eigenvalue weighted by Crippen LogP contribution is -2.30. The fourth-order valence-corrected chi connectivity index (χ4v) is 4.00. The first-order chi connectivity index (χ1) is 19.9. The number of pyridine rings is 2. The molecule has 4 rings (SSSR count). The van der Waals surface area contributed by atoms with E-state index in [4.69, 9.17) is 4.74 Å². The smallest absolute Gasteiger partial charge is 0.410 e. The van der Waals surface area contributed by atoms with E-state index in [-0.39, 0.29) is 23.3 Å². The molecule has 0 N–H and O–H groups in total. The minimum absolute atomic E-state index is 0.0308. The second-order valence-electron chi connectivity index (χ2n) is 10.3. The predicted octanol–water partition coefficient (Wildman–Crippen LogP) is 7.45. The van der Waals surface area contributed by atoms with Gasteiger partial charge in [-0.25, -0.2) is 4.79 Å². The molecule has 0 aliphatic carbocycles. The maximum Gasteiger partial charge on any atom is 0.423 e. The molecule has 0 bridgehead atoms. The van der Waals surface area contributed by atoms with E-state index in [1.54, 1.807) is 80.5 Å². The molecule has 2 aromatic heterocycles. The number of carbonyl (C=O) groups excluding carboxylic acids is 4. The quantitative estimate of drug-likeness (QED) is 0.284. The average molecular weight is 570 g/mol. The summed E-state index contributed by atoms with van der Waals surface area (Å²) in [5, 5.41) is 0. The van der Waals surface area contributed by atoms with Gasteiger partial charge in [0.2, 0.25) is 0 Å². The van der Waals surface area contributed by atoms with Crippen molar-refractivity contribution in [1.29, 1.82) is 0 Å². The highest BCUT2D eigenvalue weighted by atomic mass is 16.6. The van der Waals surface area contributed by atoms with Gasteiger partial charge in [-0.3, -0.25) is 29.3 Å². The summed E-state index contributed by atoms with van der Waals surface area (Å²) in [4.78, 5) is 54.6. The highest BCUT2D eigenvalue weighted by Crippen LogP contribution is 2.27. The maximum atomic E-state index is 12.1. The number of ketones is 3. The topological polar surface area (TPSA) is 107 Å². The van der Waals surface area contributed by atoms with Gasteiger partial charge in [0.15, 0.2) is 17.3 Å². The molecule has 0 spiro atoms. The number of allylic oxidation sites excluding steroid dienone is 2. The molecule has 1 aromatic carbocycles. The second-order valence-corrected chi connectivity index (χ2v) is 10.3. The highest BCUT2D eigenvalue weighted by molar-refractivity contribution is 5.96. The summed E-state index contributed by atoms with van der Waals surface area (Å²) >= 11 is 0. The molecule has 8 nitrogen and oxygen atoms in total. The summed E-state index contributed by atoms with van der Waals surface area (Å²) in [6.07, 6.45) is 11.1. The Morgan fingerprint density at radius 3 is 1.93 bits per heavy atom. The van der Waals surface area contributed by atoms with Gasteiger partial charge in [-0.15, -0.1) is 0 Å². The van der Waals surface area contributed by atoms with Crippen molar-refractivity contribution in [1.82, 2.24) is 14.9 Å². The van der Waals surface area contributed by atoms with Gasteiger partial charge >= 0.3 is 6.09 Å². The van der Waals surface area contributed by atoms with E-state index in [1.165, 1.54) is 18.7 Å². The Balaban J connectivity index is 0.000000247. The number of ether oxygens (including phenoxy) is 1. The zero-order valence-corrected chi connectivity index (χ0v) is 25.3. The van der Waals surface area contributed by atoms with Crippen LogP contribution in [0.25, 0.3) is 0 Å². The molecule has 1 aliphatic heterocycles. The molecule has 0 fully saturated rings. The van der Waals surface area contributed by atoms with Crippen LogP contribution < -0.4 is 4.74 Å². The normalized spacial score (nSPS) is 13.7. The van der Waals surface area contributed by atoms with Crippen LogP contribution in [-0.4, -0.2) is 38.3 Å². The van der Waals surface area contributed by atoms with Crippen LogP contribution in [0, 0.1) is 11.8 Å². The highest BCUT2D eigenvalue weighted by Gasteiger charge is 2.25. The lowest BCUT2D eigenvalue weighted by atomic mass is 9.85. The minimum atomic E-state index is -0.529. The first-order valence-electron chi connectivity index (χ1n) is 13.7. The van der Waals surface area contributed by atoms with Gasteiger partial charge in [0, 0.05) is 59.8 Å². The maximum absolute atomic E-state index is 12.1. The Morgan fingerprint density at radius 1 is 0.786 bits per heavy atom.